The van der Waals surface area contributed by atoms with Gasteiger partial charge in [0.2, 0.25) is 5.95 Å². The fourth-order valence-electron chi connectivity index (χ4n) is 2.06. The molecule has 0 spiro atoms. The first-order valence-corrected chi connectivity index (χ1v) is 7.26. The lowest BCUT2D eigenvalue weighted by atomic mass is 10.2. The molecule has 0 aliphatic rings. The zero-order valence-corrected chi connectivity index (χ0v) is 11.5. The quantitative estimate of drug-likeness (QED) is 0.769. The molecular formula is C15H15N3S. The van der Waals surface area contributed by atoms with Crippen molar-refractivity contribution >= 4 is 28.2 Å². The van der Waals surface area contributed by atoms with Crippen LogP contribution in [0.25, 0.3) is 10.9 Å². The van der Waals surface area contributed by atoms with Crippen LogP contribution in [0.1, 0.15) is 24.3 Å². The van der Waals surface area contributed by atoms with E-state index in [1.807, 2.05) is 30.5 Å². The van der Waals surface area contributed by atoms with Gasteiger partial charge in [-0.1, -0.05) is 31.2 Å². The normalized spacial score (nSPS) is 12.5. The molecule has 2 aromatic heterocycles. The summed E-state index contributed by atoms with van der Waals surface area (Å²) in [7, 11) is 0. The maximum Gasteiger partial charge on any atom is 0.223 e. The number of rotatable bonds is 4. The van der Waals surface area contributed by atoms with Crippen molar-refractivity contribution in [3.05, 3.63) is 52.9 Å². The highest BCUT2D eigenvalue weighted by Gasteiger charge is 2.11. The van der Waals surface area contributed by atoms with Crippen molar-refractivity contribution in [2.24, 2.45) is 0 Å². The van der Waals surface area contributed by atoms with Crippen LogP contribution < -0.4 is 5.32 Å². The predicted molar refractivity (Wildman–Crippen MR) is 80.5 cm³/mol. The molecule has 96 valence electrons. The third kappa shape index (κ3) is 2.58. The number of fused-ring (bicyclic) bond motifs is 1. The van der Waals surface area contributed by atoms with E-state index in [-0.39, 0.29) is 6.04 Å². The highest BCUT2D eigenvalue weighted by molar-refractivity contribution is 7.10. The summed E-state index contributed by atoms with van der Waals surface area (Å²) >= 11 is 1.76. The molecular weight excluding hydrogens is 254 g/mol. The first-order valence-electron chi connectivity index (χ1n) is 6.38. The van der Waals surface area contributed by atoms with Gasteiger partial charge in [-0.25, -0.2) is 9.97 Å². The number of hydrogen-bond acceptors (Lipinski definition) is 4. The zero-order valence-electron chi connectivity index (χ0n) is 10.7. The van der Waals surface area contributed by atoms with Gasteiger partial charge < -0.3 is 5.32 Å². The van der Waals surface area contributed by atoms with Crippen LogP contribution in [0.3, 0.4) is 0 Å². The van der Waals surface area contributed by atoms with Crippen molar-refractivity contribution in [3.63, 3.8) is 0 Å². The minimum absolute atomic E-state index is 0.279. The summed E-state index contributed by atoms with van der Waals surface area (Å²) in [6.45, 7) is 2.17. The van der Waals surface area contributed by atoms with Gasteiger partial charge in [-0.05, 0) is 23.9 Å². The Morgan fingerprint density at radius 2 is 2.11 bits per heavy atom. The molecule has 1 atom stereocenters. The van der Waals surface area contributed by atoms with Gasteiger partial charge in [0.1, 0.15) is 0 Å². The standard InChI is InChI=1S/C15H15N3S/c1-2-12(14-8-5-9-19-14)17-15-16-10-11-6-3-4-7-13(11)18-15/h3-10,12H,2H2,1H3,(H,16,17,18). The summed E-state index contributed by atoms with van der Waals surface area (Å²) in [6, 6.07) is 12.5. The molecule has 0 saturated carbocycles. The van der Waals surface area contributed by atoms with E-state index in [0.29, 0.717) is 5.95 Å². The molecule has 3 aromatic rings. The summed E-state index contributed by atoms with van der Waals surface area (Å²) in [4.78, 5) is 10.3. The second kappa shape index (κ2) is 5.36. The first-order chi connectivity index (χ1) is 9.36. The lowest BCUT2D eigenvalue weighted by Crippen LogP contribution is -2.10. The number of aromatic nitrogens is 2. The fraction of sp³-hybridized carbons (Fsp3) is 0.200. The van der Waals surface area contributed by atoms with E-state index in [1.165, 1.54) is 4.88 Å². The highest BCUT2D eigenvalue weighted by atomic mass is 32.1. The second-order valence-corrected chi connectivity index (χ2v) is 5.35. The van der Waals surface area contributed by atoms with Crippen molar-refractivity contribution in [3.8, 4) is 0 Å². The Hall–Kier alpha value is -1.94. The summed E-state index contributed by atoms with van der Waals surface area (Å²) in [5.41, 5.74) is 0.973. The highest BCUT2D eigenvalue weighted by Crippen LogP contribution is 2.25. The Bertz CT molecular complexity index is 664. The number of thiophene rings is 1. The molecule has 1 N–H and O–H groups in total. The molecule has 3 rings (SSSR count). The van der Waals surface area contributed by atoms with Crippen molar-refractivity contribution in [1.29, 1.82) is 0 Å². The van der Waals surface area contributed by atoms with Gasteiger partial charge in [-0.2, -0.15) is 0 Å². The van der Waals surface area contributed by atoms with E-state index in [1.54, 1.807) is 11.3 Å². The molecule has 0 aliphatic carbocycles. The zero-order chi connectivity index (χ0) is 13.1. The van der Waals surface area contributed by atoms with E-state index in [9.17, 15) is 0 Å². The minimum Gasteiger partial charge on any atom is -0.347 e. The lowest BCUT2D eigenvalue weighted by Gasteiger charge is -2.15. The topological polar surface area (TPSA) is 37.8 Å². The Labute approximate surface area is 116 Å². The Balaban J connectivity index is 1.88. The van der Waals surface area contributed by atoms with Crippen LogP contribution in [0.5, 0.6) is 0 Å². The van der Waals surface area contributed by atoms with Crippen molar-refractivity contribution in [2.45, 2.75) is 19.4 Å². The molecule has 1 aromatic carbocycles. The van der Waals surface area contributed by atoms with Gasteiger partial charge in [-0.3, -0.25) is 0 Å². The molecule has 0 amide bonds. The SMILES string of the molecule is CCC(Nc1ncc2ccccc2n1)c1cccs1. The second-order valence-electron chi connectivity index (χ2n) is 4.37. The predicted octanol–water partition coefficient (Wildman–Crippen LogP) is 4.25. The van der Waals surface area contributed by atoms with Gasteiger partial charge in [-0.15, -0.1) is 11.3 Å². The Kier molecular flexibility index (Phi) is 3.42. The van der Waals surface area contributed by atoms with Crippen LogP contribution in [-0.2, 0) is 0 Å². The molecule has 0 saturated heterocycles. The van der Waals surface area contributed by atoms with Crippen LogP contribution in [0.2, 0.25) is 0 Å². The summed E-state index contributed by atoms with van der Waals surface area (Å²) in [6.07, 6.45) is 2.88. The van der Waals surface area contributed by atoms with Gasteiger partial charge in [0.25, 0.3) is 0 Å². The van der Waals surface area contributed by atoms with Crippen LogP contribution in [-0.4, -0.2) is 9.97 Å². The Morgan fingerprint density at radius 1 is 1.21 bits per heavy atom. The van der Waals surface area contributed by atoms with E-state index < -0.39 is 0 Å². The number of benzene rings is 1. The van der Waals surface area contributed by atoms with E-state index in [4.69, 9.17) is 0 Å². The minimum atomic E-state index is 0.279. The maximum absolute atomic E-state index is 4.56. The van der Waals surface area contributed by atoms with Crippen LogP contribution in [0, 0.1) is 0 Å². The summed E-state index contributed by atoms with van der Waals surface area (Å²) in [5.74, 6) is 0.693. The molecule has 0 fully saturated rings. The number of nitrogens with one attached hydrogen (secondary N) is 1. The molecule has 2 heterocycles. The van der Waals surface area contributed by atoms with Crippen LogP contribution in [0.15, 0.2) is 48.0 Å². The molecule has 4 heteroatoms. The largest absolute Gasteiger partial charge is 0.347 e. The number of nitrogens with zero attached hydrogens (tertiary/aromatic N) is 2. The van der Waals surface area contributed by atoms with Gasteiger partial charge in [0.15, 0.2) is 0 Å². The fourth-order valence-corrected chi connectivity index (χ4v) is 2.92. The molecule has 0 aliphatic heterocycles. The Morgan fingerprint density at radius 3 is 2.89 bits per heavy atom. The number of hydrogen-bond donors (Lipinski definition) is 1. The molecule has 3 nitrogen and oxygen atoms in total. The number of para-hydroxylation sites is 1. The van der Waals surface area contributed by atoms with Crippen molar-refractivity contribution < 1.29 is 0 Å². The van der Waals surface area contributed by atoms with E-state index >= 15 is 0 Å². The average molecular weight is 269 g/mol. The molecule has 0 radical (unpaired) electrons. The molecule has 0 bridgehead atoms. The van der Waals surface area contributed by atoms with E-state index in [2.05, 4.69) is 39.7 Å². The third-order valence-corrected chi connectivity index (χ3v) is 4.07. The molecule has 19 heavy (non-hydrogen) atoms. The van der Waals surface area contributed by atoms with Crippen LogP contribution in [0.4, 0.5) is 5.95 Å². The first kappa shape index (κ1) is 12.1. The summed E-state index contributed by atoms with van der Waals surface area (Å²) in [5, 5.41) is 6.58. The average Bonchev–Trinajstić information content (AvgIpc) is 2.98. The maximum atomic E-state index is 4.56. The monoisotopic (exact) mass is 269 g/mol. The van der Waals surface area contributed by atoms with Crippen molar-refractivity contribution in [1.82, 2.24) is 9.97 Å². The third-order valence-electron chi connectivity index (χ3n) is 3.09. The lowest BCUT2D eigenvalue weighted by molar-refractivity contribution is 0.753. The smallest absolute Gasteiger partial charge is 0.223 e. The van der Waals surface area contributed by atoms with Gasteiger partial charge in [0.05, 0.1) is 11.6 Å². The molecule has 1 unspecified atom stereocenters. The number of anilines is 1. The van der Waals surface area contributed by atoms with Crippen molar-refractivity contribution in [2.75, 3.05) is 5.32 Å². The van der Waals surface area contributed by atoms with E-state index in [0.717, 1.165) is 17.3 Å². The summed E-state index contributed by atoms with van der Waals surface area (Å²) < 4.78 is 0. The van der Waals surface area contributed by atoms with Gasteiger partial charge in [0, 0.05) is 16.5 Å². The van der Waals surface area contributed by atoms with Crippen LogP contribution >= 0.6 is 11.3 Å². The van der Waals surface area contributed by atoms with Gasteiger partial charge >= 0.3 is 0 Å².